The van der Waals surface area contributed by atoms with Crippen molar-refractivity contribution in [3.8, 4) is 24.3 Å². The number of H-pyrrole nitrogens is 1. The molecule has 4 saturated carbocycles. The number of ether oxygens (including phenoxy) is 1. The lowest BCUT2D eigenvalue weighted by Crippen LogP contribution is -2.65. The van der Waals surface area contributed by atoms with E-state index in [9.17, 15) is 76.7 Å². The van der Waals surface area contributed by atoms with Crippen LogP contribution in [0.15, 0.2) is 110 Å². The minimum Gasteiger partial charge on any atom is -0.619 e. The standard InChI is InChI=1S/C24H28N6O.C21H26F3N6O.C21H25F2N5O2.C20H23F3N6O.CH4/c1-24(2)13-19(8-9-20(24)31)29-22-18(14-25)15-28-23(30-22)27-12-10-17-6-3-5-16-7-4-11-26-21(16)17;1-13-8-17(21(22,23)24)15(12-30(13)3)11-27-19-26-10-14(9-25)18(29-19)28-16-4-6-20(2,31)7-5-16;1-20(2)15(12-29)8-17(20)26-19-14(9-24)10-25-18(27-19)5-4-13-11-28(30)7-6-16(13)21(3,22)23;1-18(2)15(7-19(18,3)30-4)28-16-12(8-24)10-26-17(29-16)27-11-13-9-25-6-5-14(13)20(21,22)23;/h3-7,11,15,19-20,31H,8-10,12-13H2,1-2H3,(H2,27,28,29,30);8,10,12,16,31H,4-7,11H2,1-3H3,(H2,26,27,28,29);6-7,10-11,15,17,29H,4-5,8,12H2,1-3H3,(H,25,26,27);5-6,9-10,15H,7,11H2,1-4H3,(H2,26,27,28,29);1H4/q;+1;;;/p+1/t19-,20+;;15-,17-;;/m1.0../s1. The summed E-state index contributed by atoms with van der Waals surface area (Å²) in [5.74, 6) is -0.161. The highest BCUT2D eigenvalue weighted by molar-refractivity contribution is 5.81. The molecule has 0 bridgehead atoms. The summed E-state index contributed by atoms with van der Waals surface area (Å²) in [6, 6.07) is 22.0. The predicted octanol–water partition coefficient (Wildman–Crippen LogP) is 13.9. The molecule has 28 nitrogen and oxygen atoms in total. The second-order valence-corrected chi connectivity index (χ2v) is 33.6. The Labute approximate surface area is 710 Å². The number of hydrogen-bond donors (Lipinski definition) is 10. The van der Waals surface area contributed by atoms with Crippen LogP contribution in [0.2, 0.25) is 0 Å². The van der Waals surface area contributed by atoms with Crippen LogP contribution in [0.5, 0.6) is 0 Å². The number of nitrogens with zero attached hydrogens (tertiary/aromatic N) is 15. The number of fused-ring (bicyclic) bond motifs is 1. The van der Waals surface area contributed by atoms with Gasteiger partial charge >= 0.3 is 12.4 Å². The first kappa shape index (κ1) is 94.9. The minimum atomic E-state index is -4.48. The number of aliphatic hydroxyl groups excluding tert-OH is 2. The molecule has 0 radical (unpaired) electrons. The molecule has 0 saturated heterocycles. The van der Waals surface area contributed by atoms with Crippen LogP contribution in [0.25, 0.3) is 10.9 Å². The van der Waals surface area contributed by atoms with Crippen LogP contribution in [-0.2, 0) is 62.4 Å². The summed E-state index contributed by atoms with van der Waals surface area (Å²) in [6.45, 7) is 19.1. The normalized spacial score (nSPS) is 21.0. The summed E-state index contributed by atoms with van der Waals surface area (Å²) in [5.41, 5.74) is 1.05. The zero-order valence-corrected chi connectivity index (χ0v) is 70.1. The van der Waals surface area contributed by atoms with Crippen LogP contribution in [0.4, 0.5) is 76.2 Å². The summed E-state index contributed by atoms with van der Waals surface area (Å²) < 4.78 is 115. The first-order valence-electron chi connectivity index (χ1n) is 40.0. The third-order valence-electron chi connectivity index (χ3n) is 24.0. The van der Waals surface area contributed by atoms with E-state index in [1.165, 1.54) is 42.7 Å². The smallest absolute Gasteiger partial charge is 0.417 e. The third-order valence-corrected chi connectivity index (χ3v) is 24.0. The van der Waals surface area contributed by atoms with E-state index in [-0.39, 0.29) is 143 Å². The second-order valence-electron chi connectivity index (χ2n) is 33.6. The summed E-state index contributed by atoms with van der Waals surface area (Å²) in [5, 5.41) is 102. The van der Waals surface area contributed by atoms with Gasteiger partial charge in [0.05, 0.1) is 58.7 Å². The van der Waals surface area contributed by atoms with Gasteiger partial charge in [-0.25, -0.2) is 43.3 Å². The molecule has 4 aliphatic carbocycles. The number of anilines is 7. The largest absolute Gasteiger partial charge is 0.619 e. The van der Waals surface area contributed by atoms with E-state index in [1.54, 1.807) is 38.8 Å². The topological polar surface area (TPSA) is 410 Å². The fourth-order valence-corrected chi connectivity index (χ4v) is 15.4. The molecule has 36 heteroatoms. The summed E-state index contributed by atoms with van der Waals surface area (Å²) in [7, 11) is 3.35. The average molecular weight is 1710 g/mol. The molecule has 654 valence electrons. The first-order chi connectivity index (χ1) is 57.5. The maximum atomic E-state index is 13.9. The van der Waals surface area contributed by atoms with Crippen molar-refractivity contribution in [1.29, 1.82) is 21.0 Å². The first-order valence-corrected chi connectivity index (χ1v) is 40.0. The minimum absolute atomic E-state index is 0. The Hall–Kier alpha value is -12.0. The van der Waals surface area contributed by atoms with Gasteiger partial charge in [-0.1, -0.05) is 73.2 Å². The summed E-state index contributed by atoms with van der Waals surface area (Å²) in [6.07, 6.45) is 12.1. The summed E-state index contributed by atoms with van der Waals surface area (Å²) in [4.78, 5) is 41.4. The van der Waals surface area contributed by atoms with Crippen LogP contribution in [0, 0.1) is 79.6 Å². The van der Waals surface area contributed by atoms with Gasteiger partial charge in [0, 0.05) is 135 Å². The highest BCUT2D eigenvalue weighted by Crippen LogP contribution is 2.53. The molecular weight excluding hydrogens is 1600 g/mol. The number of rotatable bonds is 24. The van der Waals surface area contributed by atoms with Crippen molar-refractivity contribution in [1.82, 2.24) is 44.9 Å². The average Bonchev–Trinajstić information content (AvgIpc) is 0.724. The molecule has 0 amide bonds. The number of nitriles is 4. The van der Waals surface area contributed by atoms with Crippen molar-refractivity contribution < 1.29 is 69.5 Å². The Morgan fingerprint density at radius 3 is 1.72 bits per heavy atom. The lowest BCUT2D eigenvalue weighted by molar-refractivity contribution is -0.678. The molecule has 0 spiro atoms. The van der Waals surface area contributed by atoms with Gasteiger partial charge in [0.25, 0.3) is 5.92 Å². The number of halogens is 8. The predicted molar refractivity (Wildman–Crippen MR) is 445 cm³/mol. The lowest BCUT2D eigenvalue weighted by atomic mass is 9.56. The SMILES string of the molecule is C.CC(F)(F)c1cc[n+]([O-])cc1CCc1ncc(C#N)c(N[C@H]2C[C@@H](CO)C2(C)C)n1.CC1(C)C[C@H](Nc2nc(NCCc3cccc4cccnc34)ncc2C#N)CC[C@@H]1O.COC1(C)CC(Nc2nc(NCc3c[nH+]ccc3C(F)(F)F)ncc2C#N)C1(C)C.Cc1cc(C(F)(F)F)c(CNc2ncc(C#N)c(NC3CCC(C)(O)CC3)n2)c[n+]1C. The number of nitrogens with one attached hydrogen (secondary N) is 8. The molecule has 123 heavy (non-hydrogen) atoms. The number of aromatic amines is 1. The Kier molecular flexibility index (Phi) is 30.5. The molecule has 0 aliphatic heterocycles. The van der Waals surface area contributed by atoms with Crippen LogP contribution in [0.3, 0.4) is 0 Å². The van der Waals surface area contributed by atoms with E-state index in [0.29, 0.717) is 76.0 Å². The van der Waals surface area contributed by atoms with E-state index in [2.05, 4.69) is 145 Å². The number of alkyl halides is 8. The maximum Gasteiger partial charge on any atom is 0.417 e. The lowest BCUT2D eigenvalue weighted by Gasteiger charge is -2.59. The van der Waals surface area contributed by atoms with E-state index in [0.717, 1.165) is 99.8 Å². The van der Waals surface area contributed by atoms with Crippen LogP contribution < -0.4 is 51.5 Å². The van der Waals surface area contributed by atoms with Gasteiger partial charge in [-0.15, -0.1) is 0 Å². The molecular formula is C87H107F8N23O5+2. The van der Waals surface area contributed by atoms with Crippen molar-refractivity contribution in [2.24, 2.45) is 29.2 Å². The van der Waals surface area contributed by atoms with Gasteiger partial charge < -0.3 is 62.5 Å². The van der Waals surface area contributed by atoms with Gasteiger partial charge in [0.1, 0.15) is 82.7 Å². The Morgan fingerprint density at radius 1 is 0.618 bits per heavy atom. The number of aromatic nitrogens is 12. The number of hydrogen-bond acceptors (Lipinski definition) is 25. The van der Waals surface area contributed by atoms with E-state index in [1.807, 2.05) is 51.2 Å². The quantitative estimate of drug-likeness (QED) is 0.0153. The van der Waals surface area contributed by atoms with Gasteiger partial charge in [-0.05, 0) is 113 Å². The third kappa shape index (κ3) is 23.7. The molecule has 13 rings (SSSR count). The molecule has 9 aromatic rings. The Bertz CT molecular complexity index is 5340. The molecule has 2 unspecified atom stereocenters. The Balaban J connectivity index is 0.000000186. The van der Waals surface area contributed by atoms with E-state index < -0.39 is 35.0 Å². The van der Waals surface area contributed by atoms with Gasteiger partial charge in [-0.2, -0.15) is 67.1 Å². The maximum absolute atomic E-state index is 13.9. The summed E-state index contributed by atoms with van der Waals surface area (Å²) >= 11 is 0. The van der Waals surface area contributed by atoms with Crippen molar-refractivity contribution >= 4 is 52.0 Å². The van der Waals surface area contributed by atoms with Crippen molar-refractivity contribution in [2.45, 2.75) is 227 Å². The molecule has 6 atom stereocenters. The molecule has 1 aromatic carbocycles. The van der Waals surface area contributed by atoms with Gasteiger partial charge in [0.2, 0.25) is 17.8 Å². The molecule has 8 heterocycles. The highest BCUT2D eigenvalue weighted by Gasteiger charge is 2.58. The van der Waals surface area contributed by atoms with Crippen molar-refractivity contribution in [2.75, 3.05) is 57.5 Å². The van der Waals surface area contributed by atoms with Gasteiger partial charge in [0.15, 0.2) is 36.7 Å². The van der Waals surface area contributed by atoms with Gasteiger partial charge in [-0.3, -0.25) is 4.98 Å². The molecule has 8 aromatic heterocycles. The number of benzene rings is 1. The van der Waals surface area contributed by atoms with Crippen LogP contribution in [-0.4, -0.2) is 122 Å². The number of aliphatic hydroxyl groups is 3. The monoisotopic (exact) mass is 1710 g/mol. The van der Waals surface area contributed by atoms with Crippen LogP contribution >= 0.6 is 0 Å². The fourth-order valence-electron chi connectivity index (χ4n) is 15.4. The highest BCUT2D eigenvalue weighted by atomic mass is 19.4. The molecule has 11 N–H and O–H groups in total. The van der Waals surface area contributed by atoms with Crippen molar-refractivity contribution in [3.63, 3.8) is 0 Å². The van der Waals surface area contributed by atoms with Crippen LogP contribution in [0.1, 0.15) is 200 Å². The zero-order chi connectivity index (χ0) is 88.9. The number of methoxy groups -OCH3 is 1. The van der Waals surface area contributed by atoms with E-state index >= 15 is 0 Å². The number of aryl methyl sites for hydroxylation is 4. The zero-order valence-electron chi connectivity index (χ0n) is 70.1. The number of pyridine rings is 4. The number of para-hydroxylation sites is 1. The molecule has 4 fully saturated rings. The second kappa shape index (κ2) is 39.5. The van der Waals surface area contributed by atoms with E-state index in [4.69, 9.17) is 4.74 Å². The molecule has 4 aliphatic rings. The Morgan fingerprint density at radius 2 is 1.17 bits per heavy atom. The van der Waals surface area contributed by atoms with Crippen molar-refractivity contribution in [3.05, 3.63) is 188 Å². The fraction of sp³-hybridized carbons (Fsp3) is 0.494.